The summed E-state index contributed by atoms with van der Waals surface area (Å²) < 4.78 is 0. The van der Waals surface area contributed by atoms with Crippen molar-refractivity contribution >= 4 is 17.9 Å². The number of carbonyl (C=O) groups is 2. The van der Waals surface area contributed by atoms with E-state index in [1.54, 1.807) is 6.08 Å². The van der Waals surface area contributed by atoms with Crippen LogP contribution in [0.4, 0.5) is 0 Å². The normalized spacial score (nSPS) is 14.9. The standard InChI is InChI=1S/C26H33N3O2/c1-3-28(2)20-23-11-7-10-22(18-23)19-27-26(31)24-14-16-29(17-15-24)25(30)13-12-21-8-5-4-6-9-21/h4-13,18,24H,3,14-17,19-20H2,1-2H3,(H,27,31). The van der Waals surface area contributed by atoms with Crippen molar-refractivity contribution in [2.45, 2.75) is 32.9 Å². The van der Waals surface area contributed by atoms with Crippen LogP contribution in [0.25, 0.3) is 6.08 Å². The van der Waals surface area contributed by atoms with Gasteiger partial charge in [0.05, 0.1) is 0 Å². The lowest BCUT2D eigenvalue weighted by molar-refractivity contribution is -0.132. The predicted molar refractivity (Wildman–Crippen MR) is 125 cm³/mol. The summed E-state index contributed by atoms with van der Waals surface area (Å²) in [6.45, 7) is 5.83. The van der Waals surface area contributed by atoms with Crippen molar-refractivity contribution in [1.82, 2.24) is 15.1 Å². The van der Waals surface area contributed by atoms with Gasteiger partial charge in [0.1, 0.15) is 0 Å². The Labute approximate surface area is 185 Å². The molecule has 31 heavy (non-hydrogen) atoms. The van der Waals surface area contributed by atoms with E-state index in [0.717, 1.165) is 24.2 Å². The van der Waals surface area contributed by atoms with Crippen LogP contribution >= 0.6 is 0 Å². The Morgan fingerprint density at radius 3 is 2.48 bits per heavy atom. The predicted octanol–water partition coefficient (Wildman–Crippen LogP) is 3.71. The second-order valence-corrected chi connectivity index (χ2v) is 8.21. The fourth-order valence-corrected chi connectivity index (χ4v) is 3.79. The average molecular weight is 420 g/mol. The second-order valence-electron chi connectivity index (χ2n) is 8.21. The molecule has 5 nitrogen and oxygen atoms in total. The van der Waals surface area contributed by atoms with E-state index < -0.39 is 0 Å². The first kappa shape index (κ1) is 22.8. The monoisotopic (exact) mass is 419 g/mol. The molecule has 1 saturated heterocycles. The van der Waals surface area contributed by atoms with Gasteiger partial charge in [0.25, 0.3) is 0 Å². The summed E-state index contributed by atoms with van der Waals surface area (Å²) in [4.78, 5) is 29.1. The van der Waals surface area contributed by atoms with Crippen LogP contribution in [0.5, 0.6) is 0 Å². The van der Waals surface area contributed by atoms with Crippen LogP contribution in [0.15, 0.2) is 60.7 Å². The number of rotatable bonds is 8. The third kappa shape index (κ3) is 7.07. The van der Waals surface area contributed by atoms with E-state index in [4.69, 9.17) is 0 Å². The number of likely N-dealkylation sites (tertiary alicyclic amines) is 1. The zero-order chi connectivity index (χ0) is 22.1. The Balaban J connectivity index is 1.43. The first-order valence-corrected chi connectivity index (χ1v) is 11.1. The fraction of sp³-hybridized carbons (Fsp3) is 0.385. The van der Waals surface area contributed by atoms with Gasteiger partial charge in [-0.2, -0.15) is 0 Å². The summed E-state index contributed by atoms with van der Waals surface area (Å²) in [5.74, 6) is 0.0659. The van der Waals surface area contributed by atoms with Crippen LogP contribution in [-0.4, -0.2) is 48.3 Å². The molecule has 1 aliphatic heterocycles. The molecule has 2 aromatic carbocycles. The fourth-order valence-electron chi connectivity index (χ4n) is 3.79. The molecule has 0 aliphatic carbocycles. The van der Waals surface area contributed by atoms with Crippen molar-refractivity contribution in [3.05, 3.63) is 77.4 Å². The quantitative estimate of drug-likeness (QED) is 0.664. The van der Waals surface area contributed by atoms with Gasteiger partial charge in [0.2, 0.25) is 11.8 Å². The molecule has 0 radical (unpaired) electrons. The van der Waals surface area contributed by atoms with Crippen LogP contribution in [0.1, 0.15) is 36.5 Å². The lowest BCUT2D eigenvalue weighted by Crippen LogP contribution is -2.42. The average Bonchev–Trinajstić information content (AvgIpc) is 2.82. The minimum Gasteiger partial charge on any atom is -0.352 e. The Bertz CT molecular complexity index is 887. The Morgan fingerprint density at radius 2 is 1.77 bits per heavy atom. The van der Waals surface area contributed by atoms with Crippen molar-refractivity contribution in [1.29, 1.82) is 0 Å². The van der Waals surface area contributed by atoms with Crippen molar-refractivity contribution in [2.24, 2.45) is 5.92 Å². The minimum atomic E-state index is -0.0310. The highest BCUT2D eigenvalue weighted by atomic mass is 16.2. The van der Waals surface area contributed by atoms with Gasteiger partial charge in [-0.05, 0) is 49.2 Å². The summed E-state index contributed by atoms with van der Waals surface area (Å²) in [5, 5.41) is 3.08. The molecule has 1 N–H and O–H groups in total. The molecule has 1 fully saturated rings. The molecule has 0 aromatic heterocycles. The van der Waals surface area contributed by atoms with E-state index >= 15 is 0 Å². The molecule has 164 valence electrons. The molecule has 0 atom stereocenters. The molecule has 2 amide bonds. The summed E-state index contributed by atoms with van der Waals surface area (Å²) in [6.07, 6.45) is 4.88. The molecule has 0 saturated carbocycles. The van der Waals surface area contributed by atoms with Crippen molar-refractivity contribution in [2.75, 3.05) is 26.7 Å². The van der Waals surface area contributed by atoms with Crippen molar-refractivity contribution in [3.8, 4) is 0 Å². The number of nitrogens with zero attached hydrogens (tertiary/aromatic N) is 2. The highest BCUT2D eigenvalue weighted by Gasteiger charge is 2.26. The maximum absolute atomic E-state index is 12.6. The van der Waals surface area contributed by atoms with Crippen LogP contribution in [0, 0.1) is 5.92 Å². The summed E-state index contributed by atoms with van der Waals surface area (Å²) in [5.41, 5.74) is 3.39. The lowest BCUT2D eigenvalue weighted by Gasteiger charge is -2.30. The summed E-state index contributed by atoms with van der Waals surface area (Å²) in [7, 11) is 2.10. The first-order valence-electron chi connectivity index (χ1n) is 11.1. The van der Waals surface area contributed by atoms with Crippen LogP contribution in [-0.2, 0) is 22.7 Å². The largest absolute Gasteiger partial charge is 0.352 e. The van der Waals surface area contributed by atoms with Gasteiger partial charge in [-0.15, -0.1) is 0 Å². The number of amides is 2. The topological polar surface area (TPSA) is 52.7 Å². The van der Waals surface area contributed by atoms with E-state index in [2.05, 4.69) is 42.4 Å². The van der Waals surface area contributed by atoms with Gasteiger partial charge in [-0.25, -0.2) is 0 Å². The maximum atomic E-state index is 12.6. The number of hydrogen-bond acceptors (Lipinski definition) is 3. The van der Waals surface area contributed by atoms with Gasteiger partial charge >= 0.3 is 0 Å². The van der Waals surface area contributed by atoms with Gasteiger partial charge in [-0.1, -0.05) is 61.5 Å². The van der Waals surface area contributed by atoms with Gasteiger partial charge in [0.15, 0.2) is 0 Å². The number of carbonyl (C=O) groups excluding carboxylic acids is 2. The van der Waals surface area contributed by atoms with Crippen LogP contribution in [0.3, 0.4) is 0 Å². The van der Waals surface area contributed by atoms with E-state index in [1.807, 2.05) is 47.4 Å². The highest BCUT2D eigenvalue weighted by Crippen LogP contribution is 2.18. The Morgan fingerprint density at radius 1 is 1.06 bits per heavy atom. The number of nitrogens with one attached hydrogen (secondary N) is 1. The Kier molecular flexibility index (Phi) is 8.42. The lowest BCUT2D eigenvalue weighted by atomic mass is 9.95. The van der Waals surface area contributed by atoms with E-state index in [-0.39, 0.29) is 17.7 Å². The third-order valence-electron chi connectivity index (χ3n) is 5.85. The smallest absolute Gasteiger partial charge is 0.246 e. The number of benzene rings is 2. The molecular formula is C26H33N3O2. The molecule has 1 heterocycles. The zero-order valence-corrected chi connectivity index (χ0v) is 18.6. The van der Waals surface area contributed by atoms with Gasteiger partial charge in [-0.3, -0.25) is 9.59 Å². The van der Waals surface area contributed by atoms with Crippen molar-refractivity contribution in [3.63, 3.8) is 0 Å². The molecule has 0 spiro atoms. The molecule has 3 rings (SSSR count). The number of piperidine rings is 1. The minimum absolute atomic E-state index is 0.0107. The molecule has 0 bridgehead atoms. The van der Waals surface area contributed by atoms with Crippen molar-refractivity contribution < 1.29 is 9.59 Å². The van der Waals surface area contributed by atoms with E-state index in [9.17, 15) is 9.59 Å². The van der Waals surface area contributed by atoms with Crippen LogP contribution in [0.2, 0.25) is 0 Å². The summed E-state index contributed by atoms with van der Waals surface area (Å²) >= 11 is 0. The zero-order valence-electron chi connectivity index (χ0n) is 18.6. The maximum Gasteiger partial charge on any atom is 0.246 e. The van der Waals surface area contributed by atoms with Crippen LogP contribution < -0.4 is 5.32 Å². The summed E-state index contributed by atoms with van der Waals surface area (Å²) in [6, 6.07) is 18.2. The highest BCUT2D eigenvalue weighted by molar-refractivity contribution is 5.92. The molecule has 1 aliphatic rings. The second kappa shape index (κ2) is 11.5. The first-order chi connectivity index (χ1) is 15.0. The number of hydrogen-bond donors (Lipinski definition) is 1. The van der Waals surface area contributed by atoms with E-state index in [1.165, 1.54) is 5.56 Å². The molecule has 5 heteroatoms. The molecular weight excluding hydrogens is 386 g/mol. The SMILES string of the molecule is CCN(C)Cc1cccc(CNC(=O)C2CCN(C(=O)C=Cc3ccccc3)CC2)c1. The van der Waals surface area contributed by atoms with E-state index in [0.29, 0.717) is 32.5 Å². The Hall–Kier alpha value is -2.92. The molecule has 2 aromatic rings. The van der Waals surface area contributed by atoms with Gasteiger partial charge in [0, 0.05) is 38.2 Å². The van der Waals surface area contributed by atoms with Gasteiger partial charge < -0.3 is 15.1 Å². The molecule has 0 unspecified atom stereocenters. The third-order valence-corrected chi connectivity index (χ3v) is 5.85.